The van der Waals surface area contributed by atoms with Crippen LogP contribution < -0.4 is 5.32 Å². The Balaban J connectivity index is 1.60. The third-order valence-electron chi connectivity index (χ3n) is 3.21. The molecule has 0 aromatic heterocycles. The van der Waals surface area contributed by atoms with Gasteiger partial charge < -0.3 is 10.2 Å². The molecule has 2 heteroatoms. The first kappa shape index (κ1) is 8.52. The van der Waals surface area contributed by atoms with E-state index in [4.69, 9.17) is 0 Å². The van der Waals surface area contributed by atoms with Crippen LogP contribution in [0.1, 0.15) is 25.7 Å². The van der Waals surface area contributed by atoms with Crippen LogP contribution in [0.15, 0.2) is 0 Å². The topological polar surface area (TPSA) is 15.3 Å². The van der Waals surface area contributed by atoms with E-state index < -0.39 is 0 Å². The van der Waals surface area contributed by atoms with Gasteiger partial charge in [-0.1, -0.05) is 0 Å². The van der Waals surface area contributed by atoms with Gasteiger partial charge in [0.05, 0.1) is 0 Å². The summed E-state index contributed by atoms with van der Waals surface area (Å²) in [7, 11) is 0. The fourth-order valence-electron chi connectivity index (χ4n) is 2.33. The van der Waals surface area contributed by atoms with Crippen molar-refractivity contribution in [2.24, 2.45) is 5.92 Å². The molecule has 0 aromatic rings. The zero-order valence-corrected chi connectivity index (χ0v) is 7.89. The van der Waals surface area contributed by atoms with Crippen molar-refractivity contribution in [2.75, 3.05) is 32.7 Å². The Kier molecular flexibility index (Phi) is 3.01. The molecular weight excluding hydrogens is 148 g/mol. The average molecular weight is 168 g/mol. The monoisotopic (exact) mass is 168 g/mol. The van der Waals surface area contributed by atoms with Crippen molar-refractivity contribution in [3.63, 3.8) is 0 Å². The zero-order chi connectivity index (χ0) is 8.23. The minimum Gasteiger partial charge on any atom is -0.316 e. The Labute approximate surface area is 75.3 Å². The molecule has 0 saturated carbocycles. The summed E-state index contributed by atoms with van der Waals surface area (Å²) in [6.07, 6.45) is 5.70. The Bertz CT molecular complexity index is 108. The van der Waals surface area contributed by atoms with Crippen molar-refractivity contribution in [1.29, 1.82) is 0 Å². The second kappa shape index (κ2) is 4.24. The predicted molar refractivity (Wildman–Crippen MR) is 51.3 cm³/mol. The molecule has 0 spiro atoms. The largest absolute Gasteiger partial charge is 0.316 e. The summed E-state index contributed by atoms with van der Waals surface area (Å²) in [6.45, 7) is 6.60. The highest BCUT2D eigenvalue weighted by Crippen LogP contribution is 2.15. The van der Waals surface area contributed by atoms with Gasteiger partial charge in [-0.2, -0.15) is 0 Å². The Morgan fingerprint density at radius 1 is 1.25 bits per heavy atom. The highest BCUT2D eigenvalue weighted by molar-refractivity contribution is 4.74. The summed E-state index contributed by atoms with van der Waals surface area (Å²) in [5.74, 6) is 0.977. The molecule has 0 bridgehead atoms. The van der Waals surface area contributed by atoms with Gasteiger partial charge in [-0.3, -0.25) is 0 Å². The molecule has 2 nitrogen and oxygen atoms in total. The second-order valence-corrected chi connectivity index (χ2v) is 4.20. The van der Waals surface area contributed by atoms with Gasteiger partial charge in [0, 0.05) is 0 Å². The molecule has 1 N–H and O–H groups in total. The maximum atomic E-state index is 3.43. The third-order valence-corrected chi connectivity index (χ3v) is 3.21. The molecule has 1 unspecified atom stereocenters. The number of nitrogens with zero attached hydrogens (tertiary/aromatic N) is 1. The molecule has 2 fully saturated rings. The lowest BCUT2D eigenvalue weighted by molar-refractivity contribution is 0.308. The Morgan fingerprint density at radius 3 is 2.75 bits per heavy atom. The van der Waals surface area contributed by atoms with Crippen LogP contribution >= 0.6 is 0 Å². The molecule has 2 saturated heterocycles. The van der Waals surface area contributed by atoms with Gasteiger partial charge in [0.25, 0.3) is 0 Å². The average Bonchev–Trinajstić information content (AvgIpc) is 2.74. The molecule has 2 aliphatic rings. The van der Waals surface area contributed by atoms with Crippen LogP contribution in [0.25, 0.3) is 0 Å². The molecule has 2 rings (SSSR count). The number of likely N-dealkylation sites (tertiary alicyclic amines) is 1. The molecule has 1 atom stereocenters. The summed E-state index contributed by atoms with van der Waals surface area (Å²) in [6, 6.07) is 0. The van der Waals surface area contributed by atoms with Gasteiger partial charge in [0.15, 0.2) is 0 Å². The van der Waals surface area contributed by atoms with Crippen LogP contribution in [0.2, 0.25) is 0 Å². The summed E-state index contributed by atoms with van der Waals surface area (Å²) >= 11 is 0. The maximum Gasteiger partial charge on any atom is -0.00156 e. The van der Waals surface area contributed by atoms with Crippen molar-refractivity contribution in [3.05, 3.63) is 0 Å². The molecule has 0 aromatic carbocycles. The Morgan fingerprint density at radius 2 is 2.08 bits per heavy atom. The van der Waals surface area contributed by atoms with E-state index in [0.29, 0.717) is 0 Å². The van der Waals surface area contributed by atoms with E-state index in [2.05, 4.69) is 10.2 Å². The first-order chi connectivity index (χ1) is 5.95. The molecule has 0 amide bonds. The first-order valence-corrected chi connectivity index (χ1v) is 5.38. The normalized spacial score (nSPS) is 31.5. The van der Waals surface area contributed by atoms with Crippen LogP contribution in [0.5, 0.6) is 0 Å². The molecule has 2 heterocycles. The van der Waals surface area contributed by atoms with Gasteiger partial charge in [0.2, 0.25) is 0 Å². The lowest BCUT2D eigenvalue weighted by atomic mass is 10.1. The van der Waals surface area contributed by atoms with Crippen molar-refractivity contribution in [3.8, 4) is 0 Å². The smallest absolute Gasteiger partial charge is 0.00156 e. The standard InChI is InChI=1S/C10H20N2/c1-2-7-12(6-1)8-4-10-3-5-11-9-10/h10-11H,1-9H2. The van der Waals surface area contributed by atoms with E-state index in [9.17, 15) is 0 Å². The van der Waals surface area contributed by atoms with Crippen molar-refractivity contribution < 1.29 is 0 Å². The lowest BCUT2D eigenvalue weighted by Crippen LogP contribution is -2.23. The summed E-state index contributed by atoms with van der Waals surface area (Å²) < 4.78 is 0. The summed E-state index contributed by atoms with van der Waals surface area (Å²) in [5, 5.41) is 3.43. The van der Waals surface area contributed by atoms with Crippen LogP contribution in [0.3, 0.4) is 0 Å². The minimum atomic E-state index is 0.977. The van der Waals surface area contributed by atoms with Crippen molar-refractivity contribution in [1.82, 2.24) is 10.2 Å². The van der Waals surface area contributed by atoms with Gasteiger partial charge in [-0.15, -0.1) is 0 Å². The molecule has 70 valence electrons. The van der Waals surface area contributed by atoms with Gasteiger partial charge in [0.1, 0.15) is 0 Å². The quantitative estimate of drug-likeness (QED) is 0.678. The fourth-order valence-corrected chi connectivity index (χ4v) is 2.33. The van der Waals surface area contributed by atoms with Gasteiger partial charge in [-0.05, 0) is 64.3 Å². The van der Waals surface area contributed by atoms with E-state index in [1.807, 2.05) is 0 Å². The summed E-state index contributed by atoms with van der Waals surface area (Å²) in [4.78, 5) is 2.62. The van der Waals surface area contributed by atoms with E-state index >= 15 is 0 Å². The van der Waals surface area contributed by atoms with E-state index in [-0.39, 0.29) is 0 Å². The predicted octanol–water partition coefficient (Wildman–Crippen LogP) is 1.08. The van der Waals surface area contributed by atoms with Crippen LogP contribution in [0.4, 0.5) is 0 Å². The molecular formula is C10H20N2. The summed E-state index contributed by atoms with van der Waals surface area (Å²) in [5.41, 5.74) is 0. The maximum absolute atomic E-state index is 3.43. The zero-order valence-electron chi connectivity index (χ0n) is 7.89. The van der Waals surface area contributed by atoms with E-state index in [1.54, 1.807) is 0 Å². The van der Waals surface area contributed by atoms with E-state index in [0.717, 1.165) is 5.92 Å². The van der Waals surface area contributed by atoms with Crippen LogP contribution in [0, 0.1) is 5.92 Å². The SMILES string of the molecule is C1CCN(CCC2CCNC2)C1. The van der Waals surface area contributed by atoms with E-state index in [1.165, 1.54) is 58.4 Å². The minimum absolute atomic E-state index is 0.977. The highest BCUT2D eigenvalue weighted by Gasteiger charge is 2.17. The molecule has 2 aliphatic heterocycles. The van der Waals surface area contributed by atoms with Gasteiger partial charge >= 0.3 is 0 Å². The van der Waals surface area contributed by atoms with Gasteiger partial charge in [-0.25, -0.2) is 0 Å². The van der Waals surface area contributed by atoms with Crippen molar-refractivity contribution in [2.45, 2.75) is 25.7 Å². The fraction of sp³-hybridized carbons (Fsp3) is 1.00. The first-order valence-electron chi connectivity index (χ1n) is 5.38. The third kappa shape index (κ3) is 2.20. The number of nitrogens with one attached hydrogen (secondary N) is 1. The highest BCUT2D eigenvalue weighted by atomic mass is 15.1. The van der Waals surface area contributed by atoms with Crippen LogP contribution in [-0.2, 0) is 0 Å². The van der Waals surface area contributed by atoms with Crippen molar-refractivity contribution >= 4 is 0 Å². The Hall–Kier alpha value is -0.0800. The molecule has 12 heavy (non-hydrogen) atoms. The number of rotatable bonds is 3. The lowest BCUT2D eigenvalue weighted by Gasteiger charge is -2.16. The second-order valence-electron chi connectivity index (χ2n) is 4.20. The number of hydrogen-bond donors (Lipinski definition) is 1. The van der Waals surface area contributed by atoms with Crippen LogP contribution in [-0.4, -0.2) is 37.6 Å². The number of hydrogen-bond acceptors (Lipinski definition) is 2. The molecule has 0 aliphatic carbocycles. The molecule has 0 radical (unpaired) electrons.